The van der Waals surface area contributed by atoms with Gasteiger partial charge in [0, 0.05) is 4.47 Å². The van der Waals surface area contributed by atoms with Crippen LogP contribution in [0.4, 0.5) is 17.6 Å². The van der Waals surface area contributed by atoms with Gasteiger partial charge in [-0.1, -0.05) is 28.1 Å². The van der Waals surface area contributed by atoms with Crippen LogP contribution in [0.1, 0.15) is 34.3 Å². The summed E-state index contributed by atoms with van der Waals surface area (Å²) in [5.41, 5.74) is 11.9. The maximum atomic E-state index is 12.8. The van der Waals surface area contributed by atoms with Gasteiger partial charge in [-0.25, -0.2) is 14.4 Å². The smallest absolute Gasteiger partial charge is 0.416 e. The monoisotopic (exact) mass is 502 g/mol. The van der Waals surface area contributed by atoms with Crippen LogP contribution in [-0.4, -0.2) is 25.3 Å². The van der Waals surface area contributed by atoms with Gasteiger partial charge in [0.25, 0.3) is 12.0 Å². The van der Waals surface area contributed by atoms with E-state index in [2.05, 4.69) is 25.9 Å². The molecule has 2 aromatic carbocycles. The molecule has 2 atom stereocenters. The molecule has 0 aliphatic carbocycles. The quantitative estimate of drug-likeness (QED) is 0.595. The van der Waals surface area contributed by atoms with Gasteiger partial charge in [-0.15, -0.1) is 0 Å². The van der Waals surface area contributed by atoms with Crippen LogP contribution < -0.4 is 11.5 Å². The number of rotatable bonds is 2. The third-order valence-electron chi connectivity index (χ3n) is 4.61. The molecule has 2 heterocycles. The van der Waals surface area contributed by atoms with Crippen molar-refractivity contribution in [1.82, 2.24) is 0 Å². The Morgan fingerprint density at radius 3 is 1.97 bits per heavy atom. The summed E-state index contributed by atoms with van der Waals surface area (Å²) >= 11 is 3.02. The number of ether oxygens (including phenoxy) is 2. The number of amidine groups is 2. The number of alkyl halides is 3. The highest BCUT2D eigenvalue weighted by molar-refractivity contribution is 9.10. The summed E-state index contributed by atoms with van der Waals surface area (Å²) in [7, 11) is 0. The molecule has 0 saturated carbocycles. The molecule has 11 heteroatoms. The van der Waals surface area contributed by atoms with Crippen LogP contribution in [0.5, 0.6) is 0 Å². The van der Waals surface area contributed by atoms with Crippen LogP contribution in [0.25, 0.3) is 0 Å². The van der Waals surface area contributed by atoms with Gasteiger partial charge in [0.15, 0.2) is 0 Å². The third kappa shape index (κ3) is 5.66. The Morgan fingerprint density at radius 2 is 1.48 bits per heavy atom. The third-order valence-corrected chi connectivity index (χ3v) is 5.11. The lowest BCUT2D eigenvalue weighted by atomic mass is 10.0. The molecular weight excluding hydrogens is 484 g/mol. The van der Waals surface area contributed by atoms with E-state index in [-0.39, 0.29) is 36.1 Å². The minimum atomic E-state index is -4.42. The van der Waals surface area contributed by atoms with E-state index < -0.39 is 17.8 Å². The van der Waals surface area contributed by atoms with Crippen molar-refractivity contribution in [3.05, 3.63) is 68.9 Å². The average Bonchev–Trinajstić information content (AvgIpc) is 3.30. The van der Waals surface area contributed by atoms with Crippen molar-refractivity contribution in [3.8, 4) is 0 Å². The maximum absolute atomic E-state index is 12.8. The summed E-state index contributed by atoms with van der Waals surface area (Å²) in [4.78, 5) is 7.92. The van der Waals surface area contributed by atoms with Crippen molar-refractivity contribution >= 4 is 28.0 Å². The van der Waals surface area contributed by atoms with E-state index in [1.54, 1.807) is 6.07 Å². The second-order valence-electron chi connectivity index (χ2n) is 6.82. The fourth-order valence-electron chi connectivity index (χ4n) is 3.18. The lowest BCUT2D eigenvalue weighted by Crippen LogP contribution is -2.12. The first kappa shape index (κ1) is 22.9. The second kappa shape index (κ2) is 9.13. The number of halogens is 5. The molecule has 0 amide bonds. The van der Waals surface area contributed by atoms with Crippen LogP contribution in [-0.2, 0) is 15.7 Å². The molecule has 4 rings (SSSR count). The van der Waals surface area contributed by atoms with E-state index in [0.717, 1.165) is 17.2 Å². The zero-order valence-corrected chi connectivity index (χ0v) is 17.9. The average molecular weight is 503 g/mol. The molecule has 0 fully saturated rings. The molecule has 2 aliphatic heterocycles. The van der Waals surface area contributed by atoms with Gasteiger partial charge < -0.3 is 20.9 Å². The largest absolute Gasteiger partial charge is 0.463 e. The molecule has 1 unspecified atom stereocenters. The molecular formula is C20H19BrF4N4O2. The minimum Gasteiger partial charge on any atom is -0.463 e. The summed E-state index contributed by atoms with van der Waals surface area (Å²) in [6.07, 6.45) is -4.42. The number of hydrogen-bond acceptors (Lipinski definition) is 6. The molecule has 0 spiro atoms. The molecule has 0 bridgehead atoms. The van der Waals surface area contributed by atoms with Crippen LogP contribution >= 0.6 is 15.9 Å². The van der Waals surface area contributed by atoms with Crippen molar-refractivity contribution in [1.29, 1.82) is 0 Å². The van der Waals surface area contributed by atoms with Gasteiger partial charge in [0.1, 0.15) is 31.1 Å². The van der Waals surface area contributed by atoms with Crippen molar-refractivity contribution in [3.63, 3.8) is 0 Å². The summed E-state index contributed by atoms with van der Waals surface area (Å²) < 4.78 is 61.6. The molecule has 2 aliphatic rings. The standard InChI is InChI=1S/C10H8BrF3N2O.C10H11FN2O/c11-5-1-2-6(7(3-5)10(12,13)14)8-4-17-9(15)16-8;1-6-4-7(11)2-3-8(6)9-5-14-10(12)13-9/h1-3,8H,4H2,(H2,15,16);2-4,9H,5H2,1H3,(H2,12,13)/t8-;/m1./s1. The molecule has 6 nitrogen and oxygen atoms in total. The lowest BCUT2D eigenvalue weighted by molar-refractivity contribution is -0.138. The first-order valence-corrected chi connectivity index (χ1v) is 9.88. The molecule has 2 aromatic rings. The highest BCUT2D eigenvalue weighted by Gasteiger charge is 2.36. The Balaban J connectivity index is 0.000000179. The number of nitrogens with zero attached hydrogens (tertiary/aromatic N) is 2. The van der Waals surface area contributed by atoms with Gasteiger partial charge in [-0.05, 0) is 47.9 Å². The molecule has 4 N–H and O–H groups in total. The van der Waals surface area contributed by atoms with Gasteiger partial charge in [0.05, 0.1) is 5.56 Å². The molecule has 31 heavy (non-hydrogen) atoms. The maximum Gasteiger partial charge on any atom is 0.416 e. The Morgan fingerprint density at radius 1 is 0.935 bits per heavy atom. The molecule has 0 aromatic heterocycles. The number of aliphatic imine (C=N–C) groups is 2. The number of aryl methyl sites for hydroxylation is 1. The van der Waals surface area contributed by atoms with E-state index >= 15 is 0 Å². The van der Waals surface area contributed by atoms with E-state index in [9.17, 15) is 17.6 Å². The van der Waals surface area contributed by atoms with Gasteiger partial charge in [-0.3, -0.25) is 0 Å². The van der Waals surface area contributed by atoms with Gasteiger partial charge >= 0.3 is 6.18 Å². The van der Waals surface area contributed by atoms with Crippen molar-refractivity contribution in [2.24, 2.45) is 21.5 Å². The van der Waals surface area contributed by atoms with E-state index in [1.807, 2.05) is 6.92 Å². The van der Waals surface area contributed by atoms with E-state index in [4.69, 9.17) is 20.9 Å². The van der Waals surface area contributed by atoms with Crippen LogP contribution in [0.2, 0.25) is 0 Å². The predicted octanol–water partition coefficient (Wildman–Crippen LogP) is 4.37. The number of hydrogen-bond donors (Lipinski definition) is 2. The molecule has 0 saturated heterocycles. The fourth-order valence-corrected chi connectivity index (χ4v) is 3.54. The topological polar surface area (TPSA) is 95.2 Å². The fraction of sp³-hybridized carbons (Fsp3) is 0.300. The minimum absolute atomic E-state index is 0.0382. The van der Waals surface area contributed by atoms with Crippen LogP contribution in [0.15, 0.2) is 50.9 Å². The number of nitrogens with two attached hydrogens (primary N) is 2. The number of benzene rings is 2. The zero-order valence-electron chi connectivity index (χ0n) is 16.3. The van der Waals surface area contributed by atoms with E-state index in [1.165, 1.54) is 24.3 Å². The molecule has 166 valence electrons. The summed E-state index contributed by atoms with van der Waals surface area (Å²) in [6.45, 7) is 2.33. The van der Waals surface area contributed by atoms with E-state index in [0.29, 0.717) is 11.1 Å². The van der Waals surface area contributed by atoms with Crippen LogP contribution in [0, 0.1) is 12.7 Å². The van der Waals surface area contributed by atoms with Gasteiger partial charge in [0.2, 0.25) is 0 Å². The lowest BCUT2D eigenvalue weighted by Gasteiger charge is -2.15. The highest BCUT2D eigenvalue weighted by Crippen LogP contribution is 2.38. The SMILES string of the molecule is Cc1cc(F)ccc1C1COC(N)=N1.NC1=N[C@@H](c2ccc(Br)cc2C(F)(F)F)CO1. The van der Waals surface area contributed by atoms with Crippen molar-refractivity contribution < 1.29 is 27.0 Å². The first-order valence-electron chi connectivity index (χ1n) is 9.09. The predicted molar refractivity (Wildman–Crippen MR) is 111 cm³/mol. The highest BCUT2D eigenvalue weighted by atomic mass is 79.9. The Kier molecular flexibility index (Phi) is 6.73. The van der Waals surface area contributed by atoms with Crippen LogP contribution in [0.3, 0.4) is 0 Å². The van der Waals surface area contributed by atoms with Crippen molar-refractivity contribution in [2.45, 2.75) is 25.2 Å². The van der Waals surface area contributed by atoms with Gasteiger partial charge in [-0.2, -0.15) is 13.2 Å². The second-order valence-corrected chi connectivity index (χ2v) is 7.73. The Labute approximate surface area is 184 Å². The zero-order chi connectivity index (χ0) is 22.8. The summed E-state index contributed by atoms with van der Waals surface area (Å²) in [6, 6.07) is 7.92. The Bertz CT molecular complexity index is 1030. The Hall–Kier alpha value is -2.82. The summed E-state index contributed by atoms with van der Waals surface area (Å²) in [5.74, 6) is -0.234. The summed E-state index contributed by atoms with van der Waals surface area (Å²) in [5, 5.41) is 0. The molecule has 0 radical (unpaired) electrons. The normalized spacial score (nSPS) is 20.2. The first-order chi connectivity index (χ1) is 14.5. The van der Waals surface area contributed by atoms with Crippen molar-refractivity contribution in [2.75, 3.05) is 13.2 Å².